The first-order chi connectivity index (χ1) is 9.17. The Morgan fingerprint density at radius 1 is 1.42 bits per heavy atom. The molecule has 0 saturated heterocycles. The van der Waals surface area contributed by atoms with Gasteiger partial charge in [0.2, 0.25) is 0 Å². The van der Waals surface area contributed by atoms with Crippen LogP contribution in [0.4, 0.5) is 0 Å². The highest BCUT2D eigenvalue weighted by atomic mass is 35.5. The van der Waals surface area contributed by atoms with Crippen LogP contribution < -0.4 is 10.1 Å². The van der Waals surface area contributed by atoms with Crippen molar-refractivity contribution >= 4 is 11.6 Å². The van der Waals surface area contributed by atoms with Crippen LogP contribution in [-0.2, 0) is 6.42 Å². The van der Waals surface area contributed by atoms with Gasteiger partial charge in [0.15, 0.2) is 0 Å². The molecule has 1 aromatic carbocycles. The minimum Gasteiger partial charge on any atom is -0.496 e. The van der Waals surface area contributed by atoms with Crippen LogP contribution in [0.15, 0.2) is 12.1 Å². The van der Waals surface area contributed by atoms with Crippen molar-refractivity contribution in [3.05, 3.63) is 28.3 Å². The molecule has 0 heterocycles. The van der Waals surface area contributed by atoms with Crippen molar-refractivity contribution < 1.29 is 4.74 Å². The lowest BCUT2D eigenvalue weighted by molar-refractivity contribution is 0.407. The van der Waals surface area contributed by atoms with Gasteiger partial charge in [-0.2, -0.15) is 0 Å². The zero-order valence-corrected chi connectivity index (χ0v) is 12.9. The molecule has 0 spiro atoms. The Morgan fingerprint density at radius 3 is 2.89 bits per heavy atom. The molecular formula is C16H24ClNO. The zero-order chi connectivity index (χ0) is 13.8. The van der Waals surface area contributed by atoms with Crippen LogP contribution in [0.3, 0.4) is 0 Å². The summed E-state index contributed by atoms with van der Waals surface area (Å²) < 4.78 is 5.52. The first-order valence-corrected chi connectivity index (χ1v) is 7.63. The number of hydrogen-bond donors (Lipinski definition) is 1. The molecule has 19 heavy (non-hydrogen) atoms. The molecule has 106 valence electrons. The molecule has 0 aliphatic heterocycles. The number of halogens is 1. The van der Waals surface area contributed by atoms with Gasteiger partial charge in [-0.05, 0) is 55.8 Å². The Balaban J connectivity index is 2.42. The molecule has 2 rings (SSSR count). The van der Waals surface area contributed by atoms with Gasteiger partial charge in [-0.3, -0.25) is 0 Å². The monoisotopic (exact) mass is 281 g/mol. The lowest BCUT2D eigenvalue weighted by Gasteiger charge is -2.23. The van der Waals surface area contributed by atoms with E-state index in [-0.39, 0.29) is 0 Å². The van der Waals surface area contributed by atoms with Crippen molar-refractivity contribution in [1.29, 1.82) is 0 Å². The highest BCUT2D eigenvalue weighted by Crippen LogP contribution is 2.40. The normalized spacial score (nSPS) is 22.7. The second-order valence-electron chi connectivity index (χ2n) is 5.53. The molecule has 0 saturated carbocycles. The molecule has 1 aliphatic carbocycles. The van der Waals surface area contributed by atoms with Crippen LogP contribution in [-0.4, -0.2) is 13.7 Å². The van der Waals surface area contributed by atoms with Crippen molar-refractivity contribution in [2.75, 3.05) is 13.7 Å². The molecule has 3 heteroatoms. The van der Waals surface area contributed by atoms with Crippen LogP contribution in [0.5, 0.6) is 5.75 Å². The lowest BCUT2D eigenvalue weighted by atomic mass is 9.96. The van der Waals surface area contributed by atoms with Crippen molar-refractivity contribution in [2.24, 2.45) is 5.92 Å². The molecular weight excluding hydrogens is 258 g/mol. The fourth-order valence-corrected chi connectivity index (χ4v) is 3.28. The predicted molar refractivity (Wildman–Crippen MR) is 81.1 cm³/mol. The van der Waals surface area contributed by atoms with Gasteiger partial charge >= 0.3 is 0 Å². The van der Waals surface area contributed by atoms with Gasteiger partial charge in [0.1, 0.15) is 5.75 Å². The Morgan fingerprint density at radius 2 is 2.21 bits per heavy atom. The van der Waals surface area contributed by atoms with E-state index in [2.05, 4.69) is 19.2 Å². The third kappa shape index (κ3) is 3.24. The number of methoxy groups -OCH3 is 1. The maximum Gasteiger partial charge on any atom is 0.122 e. The first-order valence-electron chi connectivity index (χ1n) is 7.26. The highest BCUT2D eigenvalue weighted by Gasteiger charge is 2.26. The highest BCUT2D eigenvalue weighted by molar-refractivity contribution is 6.31. The van der Waals surface area contributed by atoms with E-state index in [9.17, 15) is 0 Å². The van der Waals surface area contributed by atoms with Gasteiger partial charge < -0.3 is 10.1 Å². The average Bonchev–Trinajstić information content (AvgIpc) is 2.57. The minimum absolute atomic E-state index is 0.357. The Labute approximate surface area is 121 Å². The molecule has 1 aromatic rings. The standard InChI is InChI=1S/C16H24ClNO/c1-4-9-18-14-10-11(2)5-6-12-15(19-3)8-7-13(17)16(12)14/h7-8,11,14,18H,4-6,9-10H2,1-3H3. The molecule has 2 unspecified atom stereocenters. The van der Waals surface area contributed by atoms with E-state index in [1.807, 2.05) is 12.1 Å². The van der Waals surface area contributed by atoms with Crippen molar-refractivity contribution in [3.8, 4) is 5.75 Å². The Bertz CT molecular complexity index is 433. The SMILES string of the molecule is CCCNC1CC(C)CCc2c(OC)ccc(Cl)c21. The van der Waals surface area contributed by atoms with Gasteiger partial charge in [0.25, 0.3) is 0 Å². The van der Waals surface area contributed by atoms with Gasteiger partial charge in [-0.25, -0.2) is 0 Å². The van der Waals surface area contributed by atoms with E-state index in [4.69, 9.17) is 16.3 Å². The molecule has 1 aliphatic rings. The molecule has 0 fully saturated rings. The van der Waals surface area contributed by atoms with Crippen molar-refractivity contribution in [3.63, 3.8) is 0 Å². The second kappa shape index (κ2) is 6.62. The second-order valence-corrected chi connectivity index (χ2v) is 5.94. The quantitative estimate of drug-likeness (QED) is 0.828. The third-order valence-electron chi connectivity index (χ3n) is 4.00. The fraction of sp³-hybridized carbons (Fsp3) is 0.625. The summed E-state index contributed by atoms with van der Waals surface area (Å²) in [6, 6.07) is 4.32. The van der Waals surface area contributed by atoms with E-state index < -0.39 is 0 Å². The summed E-state index contributed by atoms with van der Waals surface area (Å²) in [5.74, 6) is 1.69. The molecule has 0 bridgehead atoms. The number of hydrogen-bond acceptors (Lipinski definition) is 2. The van der Waals surface area contributed by atoms with Crippen LogP contribution in [0.2, 0.25) is 5.02 Å². The maximum absolute atomic E-state index is 6.47. The van der Waals surface area contributed by atoms with E-state index in [1.165, 1.54) is 17.5 Å². The summed E-state index contributed by atoms with van der Waals surface area (Å²) in [7, 11) is 1.74. The van der Waals surface area contributed by atoms with Gasteiger partial charge in [0.05, 0.1) is 7.11 Å². The van der Waals surface area contributed by atoms with E-state index in [0.29, 0.717) is 12.0 Å². The fourth-order valence-electron chi connectivity index (χ4n) is 2.97. The summed E-state index contributed by atoms with van der Waals surface area (Å²) in [4.78, 5) is 0. The topological polar surface area (TPSA) is 21.3 Å². The van der Waals surface area contributed by atoms with Crippen LogP contribution in [0, 0.1) is 5.92 Å². The first kappa shape index (κ1) is 14.7. The lowest BCUT2D eigenvalue weighted by Crippen LogP contribution is -2.24. The summed E-state index contributed by atoms with van der Waals surface area (Å²) in [5.41, 5.74) is 2.56. The average molecular weight is 282 g/mol. The summed E-state index contributed by atoms with van der Waals surface area (Å²) in [6.45, 7) is 5.55. The summed E-state index contributed by atoms with van der Waals surface area (Å²) >= 11 is 6.47. The smallest absolute Gasteiger partial charge is 0.122 e. The van der Waals surface area contributed by atoms with Gasteiger partial charge in [-0.15, -0.1) is 0 Å². The number of nitrogens with one attached hydrogen (secondary N) is 1. The molecule has 0 radical (unpaired) electrons. The zero-order valence-electron chi connectivity index (χ0n) is 12.1. The number of ether oxygens (including phenoxy) is 1. The van der Waals surface area contributed by atoms with Crippen LogP contribution in [0.1, 0.15) is 50.3 Å². The molecule has 2 atom stereocenters. The molecule has 0 amide bonds. The van der Waals surface area contributed by atoms with Crippen LogP contribution in [0.25, 0.3) is 0 Å². The van der Waals surface area contributed by atoms with E-state index in [0.717, 1.165) is 36.6 Å². The van der Waals surface area contributed by atoms with Gasteiger partial charge in [-0.1, -0.05) is 25.4 Å². The van der Waals surface area contributed by atoms with Crippen LogP contribution >= 0.6 is 11.6 Å². The van der Waals surface area contributed by atoms with Crippen molar-refractivity contribution in [2.45, 2.75) is 45.6 Å². The summed E-state index contributed by atoms with van der Waals surface area (Å²) in [5, 5.41) is 4.52. The summed E-state index contributed by atoms with van der Waals surface area (Å²) in [6.07, 6.45) is 4.56. The number of rotatable bonds is 4. The Hall–Kier alpha value is -0.730. The maximum atomic E-state index is 6.47. The largest absolute Gasteiger partial charge is 0.496 e. The predicted octanol–water partition coefficient (Wildman–Crippen LogP) is 4.36. The molecule has 0 aromatic heterocycles. The third-order valence-corrected chi connectivity index (χ3v) is 4.32. The van der Waals surface area contributed by atoms with E-state index >= 15 is 0 Å². The van der Waals surface area contributed by atoms with Crippen molar-refractivity contribution in [1.82, 2.24) is 5.32 Å². The molecule has 2 nitrogen and oxygen atoms in total. The number of fused-ring (bicyclic) bond motifs is 1. The minimum atomic E-state index is 0.357. The molecule has 1 N–H and O–H groups in total. The Kier molecular flexibility index (Phi) is 5.12. The van der Waals surface area contributed by atoms with Gasteiger partial charge in [0, 0.05) is 16.6 Å². The van der Waals surface area contributed by atoms with E-state index in [1.54, 1.807) is 7.11 Å². The number of benzene rings is 1.